The van der Waals surface area contributed by atoms with E-state index >= 15 is 0 Å². The SMILES string of the molecule is CCOC(=O)C[13C](=O)OCC. The van der Waals surface area contributed by atoms with E-state index in [0.29, 0.717) is 0 Å². The number of hydrogen-bond donors (Lipinski definition) is 0. The fourth-order valence-electron chi connectivity index (χ4n) is 0.542. The van der Waals surface area contributed by atoms with E-state index in [1.54, 1.807) is 13.8 Å². The lowest BCUT2D eigenvalue weighted by atomic mass is 10.6. The number of carbonyl (C=O) groups excluding carboxylic acids is 2. The minimum atomic E-state index is -0.536. The molecular formula is C7H12O4. The van der Waals surface area contributed by atoms with Gasteiger partial charge in [-0.05, 0) is 13.8 Å². The van der Waals surface area contributed by atoms with Crippen molar-refractivity contribution >= 4 is 11.9 Å². The van der Waals surface area contributed by atoms with Gasteiger partial charge in [0.15, 0.2) is 0 Å². The summed E-state index contributed by atoms with van der Waals surface area (Å²) in [6, 6.07) is 0. The van der Waals surface area contributed by atoms with Crippen molar-refractivity contribution in [3.63, 3.8) is 0 Å². The smallest absolute Gasteiger partial charge is 0.317 e. The number of rotatable bonds is 4. The van der Waals surface area contributed by atoms with Crippen LogP contribution in [0, 0.1) is 0 Å². The number of hydrogen-bond acceptors (Lipinski definition) is 4. The molecule has 0 heterocycles. The van der Waals surface area contributed by atoms with Gasteiger partial charge in [0, 0.05) is 0 Å². The summed E-state index contributed by atoms with van der Waals surface area (Å²) in [5, 5.41) is 0. The zero-order valence-corrected chi connectivity index (χ0v) is 6.75. The highest BCUT2D eigenvalue weighted by Gasteiger charge is 2.09. The molecule has 0 aromatic heterocycles. The number of carbonyl (C=O) groups is 2. The van der Waals surface area contributed by atoms with E-state index in [-0.39, 0.29) is 19.6 Å². The highest BCUT2D eigenvalue weighted by Crippen LogP contribution is 1.89. The van der Waals surface area contributed by atoms with E-state index in [2.05, 4.69) is 9.47 Å². The molecule has 0 aromatic rings. The maximum atomic E-state index is 10.6. The van der Waals surface area contributed by atoms with E-state index in [0.717, 1.165) is 0 Å². The Balaban J connectivity index is 3.49. The van der Waals surface area contributed by atoms with Crippen molar-refractivity contribution in [1.82, 2.24) is 0 Å². The third-order valence-electron chi connectivity index (χ3n) is 0.899. The third-order valence-corrected chi connectivity index (χ3v) is 0.899. The van der Waals surface area contributed by atoms with Crippen LogP contribution in [-0.4, -0.2) is 25.2 Å². The molecule has 0 aromatic carbocycles. The van der Waals surface area contributed by atoms with E-state index in [4.69, 9.17) is 0 Å². The van der Waals surface area contributed by atoms with Crippen LogP contribution in [0.1, 0.15) is 20.3 Å². The van der Waals surface area contributed by atoms with Crippen molar-refractivity contribution in [2.75, 3.05) is 13.2 Å². The Morgan fingerprint density at radius 1 is 1.00 bits per heavy atom. The van der Waals surface area contributed by atoms with Crippen molar-refractivity contribution in [3.05, 3.63) is 0 Å². The Morgan fingerprint density at radius 3 is 1.64 bits per heavy atom. The first-order chi connectivity index (χ1) is 5.20. The number of esters is 2. The Morgan fingerprint density at radius 2 is 1.36 bits per heavy atom. The monoisotopic (exact) mass is 161 g/mol. The average Bonchev–Trinajstić information content (AvgIpc) is 1.87. The lowest BCUT2D eigenvalue weighted by molar-refractivity contribution is -0.153. The summed E-state index contributed by atoms with van der Waals surface area (Å²) in [6.07, 6.45) is -0.290. The van der Waals surface area contributed by atoms with Crippen LogP contribution in [0.3, 0.4) is 0 Å². The van der Waals surface area contributed by atoms with Gasteiger partial charge in [0.2, 0.25) is 0 Å². The van der Waals surface area contributed by atoms with Crippen LogP contribution in [0.15, 0.2) is 0 Å². The first-order valence-corrected chi connectivity index (χ1v) is 3.52. The molecule has 0 aliphatic carbocycles. The van der Waals surface area contributed by atoms with Gasteiger partial charge in [-0.2, -0.15) is 0 Å². The summed E-state index contributed by atoms with van der Waals surface area (Å²) < 4.78 is 9.04. The van der Waals surface area contributed by atoms with Crippen LogP contribution in [0.5, 0.6) is 0 Å². The average molecular weight is 161 g/mol. The molecule has 0 rings (SSSR count). The van der Waals surface area contributed by atoms with Crippen LogP contribution in [0.25, 0.3) is 0 Å². The molecule has 0 saturated carbocycles. The maximum absolute atomic E-state index is 10.6. The van der Waals surface area contributed by atoms with Crippen molar-refractivity contribution in [2.24, 2.45) is 0 Å². The molecular weight excluding hydrogens is 149 g/mol. The standard InChI is InChI=1S/C7H12O4/c1-3-10-6(8)5-7(9)11-4-2/h3-5H2,1-2H3/i6+1. The zero-order valence-electron chi connectivity index (χ0n) is 6.75. The summed E-state index contributed by atoms with van der Waals surface area (Å²) in [7, 11) is 0. The molecule has 11 heavy (non-hydrogen) atoms. The van der Waals surface area contributed by atoms with Gasteiger partial charge in [0.05, 0.1) is 13.2 Å². The Kier molecular flexibility index (Phi) is 5.15. The second-order valence-corrected chi connectivity index (χ2v) is 1.79. The molecule has 0 saturated heterocycles. The number of ether oxygens (including phenoxy) is 2. The molecule has 0 N–H and O–H groups in total. The molecule has 0 atom stereocenters. The second kappa shape index (κ2) is 5.70. The second-order valence-electron chi connectivity index (χ2n) is 1.79. The van der Waals surface area contributed by atoms with E-state index < -0.39 is 11.9 Å². The lowest BCUT2D eigenvalue weighted by Gasteiger charge is -2.00. The van der Waals surface area contributed by atoms with Crippen LogP contribution < -0.4 is 0 Å². The molecule has 0 bridgehead atoms. The van der Waals surface area contributed by atoms with Gasteiger partial charge in [-0.25, -0.2) is 0 Å². The highest BCUT2D eigenvalue weighted by molar-refractivity contribution is 5.91. The van der Waals surface area contributed by atoms with Gasteiger partial charge in [0.1, 0.15) is 6.42 Å². The molecule has 64 valence electrons. The summed E-state index contributed by atoms with van der Waals surface area (Å²) in [6.45, 7) is 3.95. The molecule has 0 fully saturated rings. The summed E-state index contributed by atoms with van der Waals surface area (Å²) >= 11 is 0. The van der Waals surface area contributed by atoms with Gasteiger partial charge in [0.25, 0.3) is 0 Å². The van der Waals surface area contributed by atoms with Gasteiger partial charge in [-0.1, -0.05) is 0 Å². The molecule has 0 spiro atoms. The molecule has 0 aliphatic heterocycles. The van der Waals surface area contributed by atoms with Crippen LogP contribution in [0.2, 0.25) is 0 Å². The van der Waals surface area contributed by atoms with Crippen molar-refractivity contribution in [1.29, 1.82) is 0 Å². The van der Waals surface area contributed by atoms with Crippen LogP contribution in [-0.2, 0) is 19.1 Å². The molecule has 4 nitrogen and oxygen atoms in total. The van der Waals surface area contributed by atoms with Crippen LogP contribution in [0.4, 0.5) is 0 Å². The maximum Gasteiger partial charge on any atom is 0.317 e. The van der Waals surface area contributed by atoms with Crippen molar-refractivity contribution in [3.8, 4) is 0 Å². The molecule has 0 aliphatic rings. The normalized spacial score (nSPS) is 8.91. The molecule has 0 radical (unpaired) electrons. The fraction of sp³-hybridized carbons (Fsp3) is 0.714. The van der Waals surface area contributed by atoms with E-state index in [1.165, 1.54) is 0 Å². The quantitative estimate of drug-likeness (QED) is 0.342. The zero-order chi connectivity index (χ0) is 8.69. The highest BCUT2D eigenvalue weighted by atomic mass is 16.6. The van der Waals surface area contributed by atoms with Gasteiger partial charge >= 0.3 is 11.9 Å². The fourth-order valence-corrected chi connectivity index (χ4v) is 0.542. The first-order valence-electron chi connectivity index (χ1n) is 3.52. The Hall–Kier alpha value is -1.06. The van der Waals surface area contributed by atoms with E-state index in [9.17, 15) is 9.59 Å². The van der Waals surface area contributed by atoms with Gasteiger partial charge in [-0.3, -0.25) is 9.59 Å². The first kappa shape index (κ1) is 9.94. The van der Waals surface area contributed by atoms with Crippen molar-refractivity contribution < 1.29 is 19.1 Å². The predicted octanol–water partition coefficient (Wildman–Crippen LogP) is 0.503. The Labute approximate surface area is 65.5 Å². The van der Waals surface area contributed by atoms with Gasteiger partial charge < -0.3 is 9.47 Å². The predicted molar refractivity (Wildman–Crippen MR) is 37.9 cm³/mol. The molecule has 0 amide bonds. The minimum absolute atomic E-state index is 0.290. The minimum Gasteiger partial charge on any atom is -0.466 e. The largest absolute Gasteiger partial charge is 0.466 e. The summed E-state index contributed by atoms with van der Waals surface area (Å²) in [4.78, 5) is 21.2. The summed E-state index contributed by atoms with van der Waals surface area (Å²) in [5.41, 5.74) is 0. The van der Waals surface area contributed by atoms with Gasteiger partial charge in [-0.15, -0.1) is 0 Å². The Bertz CT molecular complexity index is 125. The lowest BCUT2D eigenvalue weighted by Crippen LogP contribution is -2.13. The van der Waals surface area contributed by atoms with E-state index in [1.807, 2.05) is 0 Å². The summed E-state index contributed by atoms with van der Waals surface area (Å²) in [5.74, 6) is -1.07. The molecule has 4 heteroatoms. The van der Waals surface area contributed by atoms with Crippen LogP contribution >= 0.6 is 0 Å². The topological polar surface area (TPSA) is 52.6 Å². The van der Waals surface area contributed by atoms with Crippen molar-refractivity contribution in [2.45, 2.75) is 20.3 Å². The third kappa shape index (κ3) is 5.39. The molecule has 0 unspecified atom stereocenters.